The molecule has 1 aliphatic rings. The van der Waals surface area contributed by atoms with E-state index >= 15 is 0 Å². The average molecular weight is 425 g/mol. The fraction of sp³-hybridized carbons (Fsp3) is 0.619. The third-order valence-electron chi connectivity index (χ3n) is 4.96. The molecule has 0 saturated carbocycles. The van der Waals surface area contributed by atoms with Crippen molar-refractivity contribution < 1.29 is 22.7 Å². The van der Waals surface area contributed by atoms with Gasteiger partial charge in [0.05, 0.1) is 4.90 Å². The van der Waals surface area contributed by atoms with Crippen molar-refractivity contribution in [2.75, 3.05) is 26.2 Å². The number of nitrogens with zero attached hydrogens (tertiary/aromatic N) is 1. The van der Waals surface area contributed by atoms with E-state index in [1.807, 2.05) is 6.92 Å². The molecule has 0 unspecified atom stereocenters. The van der Waals surface area contributed by atoms with E-state index < -0.39 is 16.0 Å². The summed E-state index contributed by atoms with van der Waals surface area (Å²) < 4.78 is 32.1. The molecule has 8 heteroatoms. The Morgan fingerprint density at radius 1 is 1.07 bits per heavy atom. The van der Waals surface area contributed by atoms with E-state index in [2.05, 4.69) is 5.32 Å². The normalized spacial score (nSPS) is 15.5. The molecule has 1 aliphatic heterocycles. The van der Waals surface area contributed by atoms with Crippen molar-refractivity contribution in [1.29, 1.82) is 0 Å². The molecule has 1 amide bonds. The lowest BCUT2D eigenvalue weighted by atomic mass is 10.1. The lowest BCUT2D eigenvalue weighted by Gasteiger charge is -2.20. The number of unbranched alkanes of at least 4 members (excludes halogenated alkanes) is 1. The SMILES string of the molecule is CCCCNC(=O)COC(=O)CCc1ccc(S(=O)(=O)N2CCCCCC2)cc1. The molecule has 1 fully saturated rings. The molecule has 0 radical (unpaired) electrons. The molecule has 1 N–H and O–H groups in total. The molecule has 0 bridgehead atoms. The number of hydrogen-bond acceptors (Lipinski definition) is 5. The Hall–Kier alpha value is -1.93. The number of carbonyl (C=O) groups is 2. The molecule has 0 aliphatic carbocycles. The predicted octanol–water partition coefficient (Wildman–Crippen LogP) is 2.64. The highest BCUT2D eigenvalue weighted by atomic mass is 32.2. The first-order valence-corrected chi connectivity index (χ1v) is 11.9. The van der Waals surface area contributed by atoms with Crippen LogP contribution in [0.3, 0.4) is 0 Å². The van der Waals surface area contributed by atoms with Gasteiger partial charge in [-0.15, -0.1) is 0 Å². The van der Waals surface area contributed by atoms with E-state index in [0.717, 1.165) is 44.1 Å². The average Bonchev–Trinajstić information content (AvgIpc) is 3.01. The van der Waals surface area contributed by atoms with Gasteiger partial charge < -0.3 is 10.1 Å². The number of ether oxygens (including phenoxy) is 1. The number of esters is 1. The van der Waals surface area contributed by atoms with E-state index in [1.165, 1.54) is 0 Å². The Morgan fingerprint density at radius 3 is 2.34 bits per heavy atom. The van der Waals surface area contributed by atoms with Crippen LogP contribution in [0, 0.1) is 0 Å². The number of amides is 1. The van der Waals surface area contributed by atoms with Crippen molar-refractivity contribution in [2.45, 2.75) is 63.2 Å². The molecule has 29 heavy (non-hydrogen) atoms. The number of rotatable bonds is 10. The van der Waals surface area contributed by atoms with Gasteiger partial charge in [-0.25, -0.2) is 8.42 Å². The summed E-state index contributed by atoms with van der Waals surface area (Å²) in [5.74, 6) is -0.744. The maximum atomic E-state index is 12.8. The minimum atomic E-state index is -3.46. The summed E-state index contributed by atoms with van der Waals surface area (Å²) in [6.07, 6.45) is 6.39. The van der Waals surface area contributed by atoms with Gasteiger partial charge >= 0.3 is 5.97 Å². The van der Waals surface area contributed by atoms with Gasteiger partial charge in [0.2, 0.25) is 10.0 Å². The van der Waals surface area contributed by atoms with Gasteiger partial charge in [-0.3, -0.25) is 9.59 Å². The van der Waals surface area contributed by atoms with Crippen LogP contribution in [0.2, 0.25) is 0 Å². The lowest BCUT2D eigenvalue weighted by molar-refractivity contribution is -0.148. The van der Waals surface area contributed by atoms with Crippen LogP contribution in [0.15, 0.2) is 29.2 Å². The largest absolute Gasteiger partial charge is 0.456 e. The van der Waals surface area contributed by atoms with Gasteiger partial charge in [0.1, 0.15) is 0 Å². The molecule has 1 aromatic carbocycles. The Morgan fingerprint density at radius 2 is 1.72 bits per heavy atom. The van der Waals surface area contributed by atoms with E-state index in [9.17, 15) is 18.0 Å². The van der Waals surface area contributed by atoms with E-state index in [4.69, 9.17) is 4.74 Å². The van der Waals surface area contributed by atoms with Crippen LogP contribution in [0.1, 0.15) is 57.4 Å². The van der Waals surface area contributed by atoms with Crippen LogP contribution in [0.5, 0.6) is 0 Å². The van der Waals surface area contributed by atoms with Gasteiger partial charge in [0.25, 0.3) is 5.91 Å². The fourth-order valence-electron chi connectivity index (χ4n) is 3.18. The summed E-state index contributed by atoms with van der Waals surface area (Å²) in [5, 5.41) is 2.69. The van der Waals surface area contributed by atoms with Crippen molar-refractivity contribution in [1.82, 2.24) is 9.62 Å². The molecule has 162 valence electrons. The van der Waals surface area contributed by atoms with Crippen LogP contribution in [0.4, 0.5) is 0 Å². The van der Waals surface area contributed by atoms with Crippen molar-refractivity contribution >= 4 is 21.9 Å². The van der Waals surface area contributed by atoms with Crippen molar-refractivity contribution in [3.8, 4) is 0 Å². The molecule has 0 atom stereocenters. The summed E-state index contributed by atoms with van der Waals surface area (Å²) >= 11 is 0. The van der Waals surface area contributed by atoms with Crippen LogP contribution in [-0.2, 0) is 30.8 Å². The standard InChI is InChI=1S/C21H32N2O5S/c1-2-3-14-22-20(24)17-28-21(25)13-10-18-8-11-19(12-9-18)29(26,27)23-15-6-4-5-7-16-23/h8-9,11-12H,2-7,10,13-17H2,1H3,(H,22,24). The van der Waals surface area contributed by atoms with Crippen LogP contribution in [0.25, 0.3) is 0 Å². The van der Waals surface area contributed by atoms with Crippen molar-refractivity contribution in [3.05, 3.63) is 29.8 Å². The Bertz CT molecular complexity index is 754. The van der Waals surface area contributed by atoms with E-state index in [-0.39, 0.29) is 23.8 Å². The first-order valence-electron chi connectivity index (χ1n) is 10.4. The van der Waals surface area contributed by atoms with E-state index in [0.29, 0.717) is 26.1 Å². The van der Waals surface area contributed by atoms with Gasteiger partial charge in [0.15, 0.2) is 6.61 Å². The van der Waals surface area contributed by atoms with Gasteiger partial charge in [-0.2, -0.15) is 4.31 Å². The topological polar surface area (TPSA) is 92.8 Å². The molecule has 7 nitrogen and oxygen atoms in total. The molecule has 1 saturated heterocycles. The maximum Gasteiger partial charge on any atom is 0.306 e. The molecular formula is C21H32N2O5S. The molecule has 0 aromatic heterocycles. The monoisotopic (exact) mass is 424 g/mol. The number of carbonyl (C=O) groups excluding carboxylic acids is 2. The zero-order chi connectivity index (χ0) is 21.1. The summed E-state index contributed by atoms with van der Waals surface area (Å²) in [5.41, 5.74) is 0.851. The second-order valence-electron chi connectivity index (χ2n) is 7.33. The summed E-state index contributed by atoms with van der Waals surface area (Å²) in [4.78, 5) is 23.6. The summed E-state index contributed by atoms with van der Waals surface area (Å²) in [7, 11) is -3.46. The highest BCUT2D eigenvalue weighted by molar-refractivity contribution is 7.89. The van der Waals surface area contributed by atoms with Gasteiger partial charge in [-0.05, 0) is 43.4 Å². The van der Waals surface area contributed by atoms with Crippen molar-refractivity contribution in [2.24, 2.45) is 0 Å². The first kappa shape index (κ1) is 23.3. The molecular weight excluding hydrogens is 392 g/mol. The first-order chi connectivity index (χ1) is 13.9. The zero-order valence-electron chi connectivity index (χ0n) is 17.2. The molecule has 1 aromatic rings. The highest BCUT2D eigenvalue weighted by Crippen LogP contribution is 2.21. The smallest absolute Gasteiger partial charge is 0.306 e. The quantitative estimate of drug-likeness (QED) is 0.460. The van der Waals surface area contributed by atoms with Gasteiger partial charge in [0, 0.05) is 26.1 Å². The van der Waals surface area contributed by atoms with Crippen LogP contribution < -0.4 is 5.32 Å². The minimum Gasteiger partial charge on any atom is -0.456 e. The Kier molecular flexibility index (Phi) is 9.60. The third-order valence-corrected chi connectivity index (χ3v) is 6.87. The Balaban J connectivity index is 1.79. The second kappa shape index (κ2) is 11.9. The molecule has 1 heterocycles. The zero-order valence-corrected chi connectivity index (χ0v) is 18.0. The number of nitrogens with one attached hydrogen (secondary N) is 1. The van der Waals surface area contributed by atoms with Crippen LogP contribution in [-0.4, -0.2) is 50.8 Å². The third kappa shape index (κ3) is 7.78. The molecule has 0 spiro atoms. The summed E-state index contributed by atoms with van der Waals surface area (Å²) in [6, 6.07) is 6.66. The highest BCUT2D eigenvalue weighted by Gasteiger charge is 2.24. The minimum absolute atomic E-state index is 0.139. The fourth-order valence-corrected chi connectivity index (χ4v) is 4.70. The predicted molar refractivity (Wildman–Crippen MR) is 111 cm³/mol. The maximum absolute atomic E-state index is 12.8. The Labute approximate surface area is 173 Å². The number of sulfonamides is 1. The number of benzene rings is 1. The number of aryl methyl sites for hydroxylation is 1. The van der Waals surface area contributed by atoms with Gasteiger partial charge in [-0.1, -0.05) is 38.3 Å². The molecule has 2 rings (SSSR count). The summed E-state index contributed by atoms with van der Waals surface area (Å²) in [6.45, 7) is 3.49. The van der Waals surface area contributed by atoms with Crippen LogP contribution >= 0.6 is 0 Å². The van der Waals surface area contributed by atoms with E-state index in [1.54, 1.807) is 28.6 Å². The second-order valence-corrected chi connectivity index (χ2v) is 9.26. The van der Waals surface area contributed by atoms with Crippen molar-refractivity contribution in [3.63, 3.8) is 0 Å². The lowest BCUT2D eigenvalue weighted by Crippen LogP contribution is -2.31. The number of hydrogen-bond donors (Lipinski definition) is 1.